The van der Waals surface area contributed by atoms with E-state index in [1.807, 2.05) is 0 Å². The summed E-state index contributed by atoms with van der Waals surface area (Å²) in [5, 5.41) is 0. The zero-order valence-electron chi connectivity index (χ0n) is 6.22. The molecule has 12 heavy (non-hydrogen) atoms. The fourth-order valence-electron chi connectivity index (χ4n) is 0.862. The lowest BCUT2D eigenvalue weighted by Crippen LogP contribution is -2.01. The number of hydrogen-bond acceptors (Lipinski definition) is 0. The van der Waals surface area contributed by atoms with Gasteiger partial charge in [0.2, 0.25) is 0 Å². The Morgan fingerprint density at radius 2 is 1.58 bits per heavy atom. The zero-order valence-corrected chi connectivity index (χ0v) is 6.22. The molecule has 0 atom stereocenters. The molecule has 0 nitrogen and oxygen atoms in total. The molecule has 0 saturated carbocycles. The molecule has 1 aromatic carbocycles. The lowest BCUT2D eigenvalue weighted by Gasteiger charge is -2.02. The molecule has 65 valence electrons. The van der Waals surface area contributed by atoms with Crippen LogP contribution in [0.15, 0.2) is 0 Å². The fraction of sp³-hybridized carbons (Fsp3) is 0.250. The third kappa shape index (κ3) is 1.29. The van der Waals surface area contributed by atoms with Crippen LogP contribution in [0, 0.1) is 29.3 Å². The van der Waals surface area contributed by atoms with Crippen LogP contribution in [0.2, 0.25) is 0 Å². The second-order valence-electron chi connectivity index (χ2n) is 2.21. The van der Waals surface area contributed by atoms with Crippen molar-refractivity contribution in [1.29, 1.82) is 0 Å². The van der Waals surface area contributed by atoms with Gasteiger partial charge in [-0.15, -0.1) is 0 Å². The first-order valence-electron chi connectivity index (χ1n) is 3.32. The Labute approximate surface area is 66.8 Å². The Kier molecular flexibility index (Phi) is 2.35. The Morgan fingerprint density at radius 1 is 1.00 bits per heavy atom. The molecule has 0 fully saturated rings. The third-order valence-electron chi connectivity index (χ3n) is 1.49. The van der Waals surface area contributed by atoms with Crippen molar-refractivity contribution in [3.63, 3.8) is 0 Å². The van der Waals surface area contributed by atoms with Gasteiger partial charge in [-0.3, -0.25) is 0 Å². The zero-order chi connectivity index (χ0) is 9.30. The first kappa shape index (κ1) is 9.03. The summed E-state index contributed by atoms with van der Waals surface area (Å²) in [5.74, 6) is -5.93. The highest BCUT2D eigenvalue weighted by molar-refractivity contribution is 5.21. The second-order valence-corrected chi connectivity index (χ2v) is 2.21. The van der Waals surface area contributed by atoms with Gasteiger partial charge in [0.25, 0.3) is 0 Å². The lowest BCUT2D eigenvalue weighted by molar-refractivity contribution is 0.424. The summed E-state index contributed by atoms with van der Waals surface area (Å²) in [6, 6.07) is 1.45. The molecular formula is C8H5F4. The highest BCUT2D eigenvalue weighted by atomic mass is 19.2. The third-order valence-corrected chi connectivity index (χ3v) is 1.49. The highest BCUT2D eigenvalue weighted by Crippen LogP contribution is 2.18. The number of rotatable bonds is 1. The van der Waals surface area contributed by atoms with Gasteiger partial charge in [-0.2, -0.15) is 0 Å². The maximum Gasteiger partial charge on any atom is 0.195 e. The summed E-state index contributed by atoms with van der Waals surface area (Å²) in [4.78, 5) is 0. The van der Waals surface area contributed by atoms with Crippen LogP contribution in [-0.2, 0) is 6.42 Å². The van der Waals surface area contributed by atoms with Crippen molar-refractivity contribution >= 4 is 0 Å². The molecule has 0 heterocycles. The van der Waals surface area contributed by atoms with Gasteiger partial charge in [-0.25, -0.2) is 17.6 Å². The maximum atomic E-state index is 12.6. The predicted octanol–water partition coefficient (Wildman–Crippen LogP) is 2.61. The molecule has 0 aliphatic rings. The minimum Gasteiger partial charge on any atom is -0.206 e. The van der Waals surface area contributed by atoms with E-state index >= 15 is 0 Å². The smallest absolute Gasteiger partial charge is 0.195 e. The van der Waals surface area contributed by atoms with E-state index in [9.17, 15) is 17.6 Å². The van der Waals surface area contributed by atoms with Gasteiger partial charge in [0.1, 0.15) is 5.82 Å². The molecule has 0 spiro atoms. The SMILES string of the molecule is CCc1c(F)[c]c(F)c(F)c1F. The van der Waals surface area contributed by atoms with Crippen LogP contribution in [-0.4, -0.2) is 0 Å². The molecule has 0 saturated heterocycles. The Balaban J connectivity index is 3.40. The quantitative estimate of drug-likeness (QED) is 0.351. The van der Waals surface area contributed by atoms with E-state index in [4.69, 9.17) is 0 Å². The van der Waals surface area contributed by atoms with Crippen molar-refractivity contribution in [3.8, 4) is 0 Å². The van der Waals surface area contributed by atoms with E-state index in [1.54, 1.807) is 0 Å². The fourth-order valence-corrected chi connectivity index (χ4v) is 0.862. The average molecular weight is 177 g/mol. The molecule has 4 heteroatoms. The summed E-state index contributed by atoms with van der Waals surface area (Å²) >= 11 is 0. The summed E-state index contributed by atoms with van der Waals surface area (Å²) < 4.78 is 49.9. The van der Waals surface area contributed by atoms with Gasteiger partial charge in [0.05, 0.1) is 6.07 Å². The first-order valence-corrected chi connectivity index (χ1v) is 3.32. The van der Waals surface area contributed by atoms with Crippen LogP contribution in [0.3, 0.4) is 0 Å². The van der Waals surface area contributed by atoms with E-state index in [1.165, 1.54) is 13.0 Å². The minimum absolute atomic E-state index is 0.0363. The Morgan fingerprint density at radius 3 is 2.08 bits per heavy atom. The molecule has 1 aromatic rings. The van der Waals surface area contributed by atoms with Crippen LogP contribution in [0.25, 0.3) is 0 Å². The summed E-state index contributed by atoms with van der Waals surface area (Å²) in [7, 11) is 0. The predicted molar refractivity (Wildman–Crippen MR) is 34.5 cm³/mol. The normalized spacial score (nSPS) is 10.4. The molecule has 0 aromatic heterocycles. The number of halogens is 4. The van der Waals surface area contributed by atoms with Crippen molar-refractivity contribution in [2.45, 2.75) is 13.3 Å². The molecular weight excluding hydrogens is 172 g/mol. The van der Waals surface area contributed by atoms with Gasteiger partial charge < -0.3 is 0 Å². The van der Waals surface area contributed by atoms with Crippen molar-refractivity contribution in [2.24, 2.45) is 0 Å². The Bertz CT molecular complexity index is 306. The largest absolute Gasteiger partial charge is 0.206 e. The average Bonchev–Trinajstić information content (AvgIpc) is 2.01. The van der Waals surface area contributed by atoms with Gasteiger partial charge >= 0.3 is 0 Å². The monoisotopic (exact) mass is 177 g/mol. The standard InChI is InChI=1S/C8H5F4/c1-2-4-5(9)3-6(10)8(12)7(4)11/h2H2,1H3. The van der Waals surface area contributed by atoms with Gasteiger partial charge in [-0.1, -0.05) is 6.92 Å². The maximum absolute atomic E-state index is 12.6. The summed E-state index contributed by atoms with van der Waals surface area (Å²) in [6.45, 7) is 1.44. The van der Waals surface area contributed by atoms with Crippen LogP contribution in [0.4, 0.5) is 17.6 Å². The van der Waals surface area contributed by atoms with Gasteiger partial charge in [0, 0.05) is 5.56 Å². The molecule has 1 rings (SSSR count). The van der Waals surface area contributed by atoms with E-state index < -0.39 is 28.8 Å². The van der Waals surface area contributed by atoms with E-state index in [2.05, 4.69) is 0 Å². The second kappa shape index (κ2) is 3.13. The van der Waals surface area contributed by atoms with Gasteiger partial charge in [-0.05, 0) is 6.42 Å². The number of hydrogen-bond donors (Lipinski definition) is 0. The molecule has 0 N–H and O–H groups in total. The van der Waals surface area contributed by atoms with Crippen LogP contribution >= 0.6 is 0 Å². The first-order chi connectivity index (χ1) is 5.57. The molecule has 1 radical (unpaired) electrons. The molecule has 0 aliphatic heterocycles. The van der Waals surface area contributed by atoms with E-state index in [0.29, 0.717) is 0 Å². The van der Waals surface area contributed by atoms with Crippen molar-refractivity contribution in [2.75, 3.05) is 0 Å². The minimum atomic E-state index is -1.67. The summed E-state index contributed by atoms with van der Waals surface area (Å²) in [5.41, 5.74) is -0.478. The van der Waals surface area contributed by atoms with Crippen molar-refractivity contribution < 1.29 is 17.6 Å². The van der Waals surface area contributed by atoms with Crippen molar-refractivity contribution in [1.82, 2.24) is 0 Å². The Hall–Kier alpha value is -1.06. The number of benzene rings is 1. The van der Waals surface area contributed by atoms with Crippen LogP contribution in [0.5, 0.6) is 0 Å². The molecule has 0 unspecified atom stereocenters. The van der Waals surface area contributed by atoms with E-state index in [-0.39, 0.29) is 6.42 Å². The van der Waals surface area contributed by atoms with Crippen molar-refractivity contribution in [3.05, 3.63) is 34.9 Å². The highest BCUT2D eigenvalue weighted by Gasteiger charge is 2.17. The van der Waals surface area contributed by atoms with E-state index in [0.717, 1.165) is 0 Å². The molecule has 0 aliphatic carbocycles. The summed E-state index contributed by atoms with van der Waals surface area (Å²) in [6.07, 6.45) is -0.0363. The van der Waals surface area contributed by atoms with Gasteiger partial charge in [0.15, 0.2) is 17.5 Å². The molecule has 0 bridgehead atoms. The topological polar surface area (TPSA) is 0 Å². The lowest BCUT2D eigenvalue weighted by atomic mass is 10.1. The van der Waals surface area contributed by atoms with Crippen LogP contribution in [0.1, 0.15) is 12.5 Å². The molecule has 0 amide bonds. The van der Waals surface area contributed by atoms with Crippen LogP contribution < -0.4 is 0 Å².